The van der Waals surface area contributed by atoms with Gasteiger partial charge in [-0.1, -0.05) is 30.3 Å². The molecule has 0 bridgehead atoms. The van der Waals surface area contributed by atoms with E-state index in [-0.39, 0.29) is 24.3 Å². The Bertz CT molecular complexity index is 1040. The molecule has 0 fully saturated rings. The lowest BCUT2D eigenvalue weighted by atomic mass is 10.1. The number of hydrogen-bond acceptors (Lipinski definition) is 6. The summed E-state index contributed by atoms with van der Waals surface area (Å²) in [4.78, 5) is 21.0. The maximum absolute atomic E-state index is 12.8. The number of hydrazone groups is 2. The molecular weight excluding hydrogens is 453 g/mol. The Morgan fingerprint density at radius 1 is 0.941 bits per heavy atom. The predicted molar refractivity (Wildman–Crippen MR) is 126 cm³/mol. The van der Waals surface area contributed by atoms with Gasteiger partial charge in [-0.3, -0.25) is 15.2 Å². The average Bonchev–Trinajstić information content (AvgIpc) is 2.76. The quantitative estimate of drug-likeness (QED) is 0.285. The largest absolute Gasteiger partial charge is 0.477 e. The Morgan fingerprint density at radius 3 is 2.09 bits per heavy atom. The van der Waals surface area contributed by atoms with Gasteiger partial charge in [-0.15, -0.1) is 0 Å². The third-order valence-electron chi connectivity index (χ3n) is 4.14. The minimum absolute atomic E-state index is 0.0462. The number of rotatable bonds is 10. The Morgan fingerprint density at radius 2 is 1.53 bits per heavy atom. The molecule has 0 saturated carbocycles. The van der Waals surface area contributed by atoms with Gasteiger partial charge in [0.1, 0.15) is 11.4 Å². The lowest BCUT2D eigenvalue weighted by molar-refractivity contribution is -0.130. The Hall–Kier alpha value is -3.89. The van der Waals surface area contributed by atoms with Crippen molar-refractivity contribution in [3.63, 3.8) is 0 Å². The molecule has 4 N–H and O–H groups in total. The van der Waals surface area contributed by atoms with Crippen molar-refractivity contribution in [3.8, 4) is 0 Å². The van der Waals surface area contributed by atoms with E-state index >= 15 is 0 Å². The molecule has 0 spiro atoms. The van der Waals surface area contributed by atoms with Crippen LogP contribution in [-0.4, -0.2) is 46.2 Å². The number of nitrogens with zero attached hydrogens (tertiary/aromatic N) is 2. The molecule has 0 aliphatic rings. The number of hydrogen-bond donors (Lipinski definition) is 4. The molecular formula is C23H27F3N4O4. The molecule has 0 heterocycles. The number of carboxylic acids is 2. The van der Waals surface area contributed by atoms with E-state index in [1.54, 1.807) is 42.5 Å². The fourth-order valence-electron chi connectivity index (χ4n) is 2.45. The van der Waals surface area contributed by atoms with Gasteiger partial charge in [0.15, 0.2) is 0 Å². The fraction of sp³-hybridized carbons (Fsp3) is 0.304. The van der Waals surface area contributed by atoms with E-state index in [1.165, 1.54) is 19.9 Å². The van der Waals surface area contributed by atoms with Crippen LogP contribution in [0, 0.1) is 0 Å². The van der Waals surface area contributed by atoms with E-state index in [1.807, 2.05) is 0 Å². The van der Waals surface area contributed by atoms with Gasteiger partial charge in [-0.2, -0.15) is 10.2 Å². The molecule has 0 amide bonds. The van der Waals surface area contributed by atoms with Crippen molar-refractivity contribution in [1.82, 2.24) is 0 Å². The van der Waals surface area contributed by atoms with Crippen molar-refractivity contribution >= 4 is 34.7 Å². The molecule has 2 rings (SSSR count). The third-order valence-corrected chi connectivity index (χ3v) is 4.14. The van der Waals surface area contributed by atoms with E-state index in [0.29, 0.717) is 16.9 Å². The van der Waals surface area contributed by atoms with Crippen LogP contribution in [-0.2, 0) is 22.4 Å². The van der Waals surface area contributed by atoms with Crippen molar-refractivity contribution in [2.45, 2.75) is 39.5 Å². The van der Waals surface area contributed by atoms with Gasteiger partial charge < -0.3 is 10.2 Å². The van der Waals surface area contributed by atoms with Crippen LogP contribution >= 0.6 is 0 Å². The van der Waals surface area contributed by atoms with E-state index in [2.05, 4.69) is 21.1 Å². The zero-order chi connectivity index (χ0) is 25.7. The molecule has 2 aromatic carbocycles. The first-order valence-electron chi connectivity index (χ1n) is 10.1. The lowest BCUT2D eigenvalue weighted by Gasteiger charge is -2.10. The standard InChI is InChI=1S/C12H14F2N2O2.C11H13FN2O2/c1-8(11(17)18)15-16-10-5-3-4-9(6-10)7-12(2,13)14;1-8(11(15)16)13-14-10-5-3-2-4-9(10)6-7-12/h3-6,16H,7H2,1-2H3,(H,17,18);2-5,14H,6-7H2,1H3,(H,15,16). The number of nitrogens with one attached hydrogen (secondary N) is 2. The highest BCUT2D eigenvalue weighted by atomic mass is 19.3. The number of carbonyl (C=O) groups is 2. The molecule has 2 aromatic rings. The van der Waals surface area contributed by atoms with Gasteiger partial charge in [-0.25, -0.2) is 18.4 Å². The summed E-state index contributed by atoms with van der Waals surface area (Å²) in [5.41, 5.74) is 7.30. The van der Waals surface area contributed by atoms with Crippen molar-refractivity contribution < 1.29 is 33.0 Å². The molecule has 184 valence electrons. The highest BCUT2D eigenvalue weighted by Crippen LogP contribution is 2.21. The van der Waals surface area contributed by atoms with Crippen molar-refractivity contribution in [2.24, 2.45) is 10.2 Å². The minimum Gasteiger partial charge on any atom is -0.477 e. The highest BCUT2D eigenvalue weighted by Gasteiger charge is 2.21. The number of aryl methyl sites for hydroxylation is 1. The topological polar surface area (TPSA) is 123 Å². The highest BCUT2D eigenvalue weighted by molar-refractivity contribution is 6.35. The number of carboxylic acid groups (broad SMARTS) is 2. The molecule has 8 nitrogen and oxygen atoms in total. The Labute approximate surface area is 195 Å². The summed E-state index contributed by atoms with van der Waals surface area (Å²) in [6, 6.07) is 13.4. The second-order valence-electron chi connectivity index (χ2n) is 7.27. The lowest BCUT2D eigenvalue weighted by Crippen LogP contribution is -2.13. The molecule has 0 unspecified atom stereocenters. The Balaban J connectivity index is 0.000000342. The van der Waals surface area contributed by atoms with Crippen LogP contribution in [0.5, 0.6) is 0 Å². The van der Waals surface area contributed by atoms with Crippen LogP contribution in [0.2, 0.25) is 0 Å². The summed E-state index contributed by atoms with van der Waals surface area (Å²) in [7, 11) is 0. The first-order valence-corrected chi connectivity index (χ1v) is 10.1. The van der Waals surface area contributed by atoms with Gasteiger partial charge in [-0.05, 0) is 50.1 Å². The third kappa shape index (κ3) is 11.1. The van der Waals surface area contributed by atoms with Crippen LogP contribution in [0.4, 0.5) is 24.5 Å². The number of halogens is 3. The zero-order valence-electron chi connectivity index (χ0n) is 19.0. The SMILES string of the molecule is CC(=NNc1cccc(CC(C)(F)F)c1)C(=O)O.CC(=NNc1ccccc1CCF)C(=O)O. The zero-order valence-corrected chi connectivity index (χ0v) is 19.0. The molecule has 34 heavy (non-hydrogen) atoms. The van der Waals surface area contributed by atoms with E-state index in [9.17, 15) is 22.8 Å². The molecule has 0 radical (unpaired) electrons. The summed E-state index contributed by atoms with van der Waals surface area (Å²) >= 11 is 0. The minimum atomic E-state index is -2.78. The van der Waals surface area contributed by atoms with Gasteiger partial charge in [0.05, 0.1) is 18.0 Å². The monoisotopic (exact) mass is 480 g/mol. The second-order valence-corrected chi connectivity index (χ2v) is 7.27. The number of para-hydroxylation sites is 1. The van der Waals surface area contributed by atoms with Crippen LogP contribution in [0.3, 0.4) is 0 Å². The van der Waals surface area contributed by atoms with E-state index in [4.69, 9.17) is 10.2 Å². The first-order chi connectivity index (χ1) is 15.9. The number of alkyl halides is 3. The van der Waals surface area contributed by atoms with Gasteiger partial charge in [0, 0.05) is 12.8 Å². The van der Waals surface area contributed by atoms with Crippen LogP contribution in [0.15, 0.2) is 58.7 Å². The maximum Gasteiger partial charge on any atom is 0.351 e. The maximum atomic E-state index is 12.8. The first kappa shape index (κ1) is 28.1. The van der Waals surface area contributed by atoms with Crippen LogP contribution < -0.4 is 10.9 Å². The molecule has 11 heteroatoms. The molecule has 0 saturated heterocycles. The van der Waals surface area contributed by atoms with Gasteiger partial charge in [0.2, 0.25) is 5.92 Å². The smallest absolute Gasteiger partial charge is 0.351 e. The number of benzene rings is 2. The Kier molecular flexibility index (Phi) is 11.3. The number of anilines is 2. The second kappa shape index (κ2) is 13.6. The number of aliphatic carboxylic acids is 2. The average molecular weight is 480 g/mol. The normalized spacial score (nSPS) is 11.8. The summed E-state index contributed by atoms with van der Waals surface area (Å²) in [6.07, 6.45) is -0.0883. The summed E-state index contributed by atoms with van der Waals surface area (Å²) in [5, 5.41) is 24.5. The summed E-state index contributed by atoms with van der Waals surface area (Å²) in [5.74, 6) is -5.01. The van der Waals surface area contributed by atoms with Crippen LogP contribution in [0.25, 0.3) is 0 Å². The predicted octanol–water partition coefficient (Wildman–Crippen LogP) is 4.83. The van der Waals surface area contributed by atoms with Crippen LogP contribution in [0.1, 0.15) is 31.9 Å². The summed E-state index contributed by atoms with van der Waals surface area (Å²) < 4.78 is 37.9. The van der Waals surface area contributed by atoms with E-state index < -0.39 is 24.5 Å². The summed E-state index contributed by atoms with van der Waals surface area (Å²) in [6.45, 7) is 3.10. The van der Waals surface area contributed by atoms with Crippen molar-refractivity contribution in [3.05, 3.63) is 59.7 Å². The van der Waals surface area contributed by atoms with E-state index in [0.717, 1.165) is 12.5 Å². The van der Waals surface area contributed by atoms with Crippen molar-refractivity contribution in [2.75, 3.05) is 17.5 Å². The van der Waals surface area contributed by atoms with Crippen molar-refractivity contribution in [1.29, 1.82) is 0 Å². The molecule has 0 aliphatic carbocycles. The van der Waals surface area contributed by atoms with Gasteiger partial charge >= 0.3 is 11.9 Å². The molecule has 0 atom stereocenters. The molecule has 0 aromatic heterocycles. The fourth-order valence-corrected chi connectivity index (χ4v) is 2.45. The molecule has 0 aliphatic heterocycles. The van der Waals surface area contributed by atoms with Gasteiger partial charge in [0.25, 0.3) is 0 Å².